The van der Waals surface area contributed by atoms with Crippen molar-refractivity contribution in [1.29, 1.82) is 0 Å². The van der Waals surface area contributed by atoms with E-state index in [1.807, 2.05) is 81.4 Å². The molecule has 0 aliphatic carbocycles. The average molecular weight is 511 g/mol. The number of nitrogens with zero attached hydrogens (tertiary/aromatic N) is 1. The van der Waals surface area contributed by atoms with Crippen LogP contribution in [0.15, 0.2) is 78.9 Å². The summed E-state index contributed by atoms with van der Waals surface area (Å²) in [5, 5.41) is 4.00. The molecule has 0 radical (unpaired) electrons. The van der Waals surface area contributed by atoms with E-state index in [4.69, 9.17) is 23.2 Å². The first-order valence-electron chi connectivity index (χ1n) is 11.8. The summed E-state index contributed by atoms with van der Waals surface area (Å²) in [6, 6.07) is 24.1. The number of halogens is 2. The van der Waals surface area contributed by atoms with Gasteiger partial charge in [0.15, 0.2) is 0 Å². The summed E-state index contributed by atoms with van der Waals surface area (Å²) in [5.41, 5.74) is 2.21. The van der Waals surface area contributed by atoms with Gasteiger partial charge in [0.25, 0.3) is 0 Å². The van der Waals surface area contributed by atoms with Gasteiger partial charge in [-0.3, -0.25) is 9.59 Å². The Morgan fingerprint density at radius 1 is 0.829 bits per heavy atom. The van der Waals surface area contributed by atoms with Crippen LogP contribution < -0.4 is 5.32 Å². The van der Waals surface area contributed by atoms with Crippen LogP contribution in [0.4, 0.5) is 0 Å². The number of nitrogens with one attached hydrogen (secondary N) is 1. The fraction of sp³-hybridized carbons (Fsp3) is 0.310. The van der Waals surface area contributed by atoms with Crippen molar-refractivity contribution in [2.45, 2.75) is 58.2 Å². The van der Waals surface area contributed by atoms with Crippen LogP contribution in [-0.2, 0) is 29.0 Å². The second-order valence-corrected chi connectivity index (χ2v) is 10.5. The number of carbonyl (C=O) groups excluding carboxylic acids is 2. The lowest BCUT2D eigenvalue weighted by atomic mass is 10.00. The van der Waals surface area contributed by atoms with Crippen molar-refractivity contribution in [2.24, 2.45) is 0 Å². The molecular formula is C29H32Cl2N2O2. The largest absolute Gasteiger partial charge is 0.350 e. The molecule has 1 atom stereocenters. The highest BCUT2D eigenvalue weighted by atomic mass is 35.5. The zero-order chi connectivity index (χ0) is 25.4. The lowest BCUT2D eigenvalue weighted by Crippen LogP contribution is -2.54. The molecule has 3 aromatic carbocycles. The van der Waals surface area contributed by atoms with E-state index in [0.29, 0.717) is 28.5 Å². The Kier molecular flexibility index (Phi) is 9.36. The lowest BCUT2D eigenvalue weighted by Gasteiger charge is -2.34. The first-order chi connectivity index (χ1) is 16.6. The van der Waals surface area contributed by atoms with Crippen LogP contribution in [0.3, 0.4) is 0 Å². The third kappa shape index (κ3) is 8.12. The minimum absolute atomic E-state index is 0.130. The maximum absolute atomic E-state index is 13.7. The normalized spacial score (nSPS) is 12.1. The number of amides is 2. The predicted molar refractivity (Wildman–Crippen MR) is 144 cm³/mol. The number of benzene rings is 3. The molecule has 1 N–H and O–H groups in total. The molecule has 0 aliphatic rings. The highest BCUT2D eigenvalue weighted by molar-refractivity contribution is 6.36. The molecule has 0 saturated heterocycles. The van der Waals surface area contributed by atoms with E-state index in [-0.39, 0.29) is 24.8 Å². The van der Waals surface area contributed by atoms with Gasteiger partial charge in [0, 0.05) is 40.5 Å². The van der Waals surface area contributed by atoms with Crippen molar-refractivity contribution in [3.05, 3.63) is 106 Å². The molecule has 0 fully saturated rings. The van der Waals surface area contributed by atoms with Gasteiger partial charge in [0.05, 0.1) is 0 Å². The smallest absolute Gasteiger partial charge is 0.243 e. The molecule has 184 valence electrons. The van der Waals surface area contributed by atoms with Crippen LogP contribution >= 0.6 is 23.2 Å². The number of rotatable bonds is 9. The maximum atomic E-state index is 13.7. The molecule has 6 heteroatoms. The van der Waals surface area contributed by atoms with Gasteiger partial charge in [-0.2, -0.15) is 0 Å². The minimum Gasteiger partial charge on any atom is -0.350 e. The molecule has 0 spiro atoms. The fourth-order valence-electron chi connectivity index (χ4n) is 3.90. The maximum Gasteiger partial charge on any atom is 0.243 e. The number of hydrogen-bond donors (Lipinski definition) is 1. The Morgan fingerprint density at radius 3 is 1.91 bits per heavy atom. The van der Waals surface area contributed by atoms with Crippen molar-refractivity contribution in [1.82, 2.24) is 10.2 Å². The van der Waals surface area contributed by atoms with E-state index < -0.39 is 11.6 Å². The molecule has 0 aliphatic heterocycles. The van der Waals surface area contributed by atoms with Crippen molar-refractivity contribution in [3.8, 4) is 0 Å². The van der Waals surface area contributed by atoms with Crippen molar-refractivity contribution in [2.75, 3.05) is 0 Å². The summed E-state index contributed by atoms with van der Waals surface area (Å²) < 4.78 is 0. The predicted octanol–water partition coefficient (Wildman–Crippen LogP) is 6.48. The van der Waals surface area contributed by atoms with Crippen molar-refractivity contribution < 1.29 is 9.59 Å². The fourth-order valence-corrected chi connectivity index (χ4v) is 4.42. The van der Waals surface area contributed by atoms with Crippen LogP contribution in [0.5, 0.6) is 0 Å². The van der Waals surface area contributed by atoms with Gasteiger partial charge in [-0.05, 0) is 50.5 Å². The second kappa shape index (κ2) is 12.2. The first-order valence-corrected chi connectivity index (χ1v) is 12.5. The summed E-state index contributed by atoms with van der Waals surface area (Å²) in [4.78, 5) is 28.9. The lowest BCUT2D eigenvalue weighted by molar-refractivity contribution is -0.141. The summed E-state index contributed by atoms with van der Waals surface area (Å²) in [6.07, 6.45) is 1.22. The van der Waals surface area contributed by atoms with Crippen LogP contribution in [-0.4, -0.2) is 28.3 Å². The quantitative estimate of drug-likeness (QED) is 0.358. The van der Waals surface area contributed by atoms with Crippen LogP contribution in [0.1, 0.15) is 43.9 Å². The second-order valence-electron chi connectivity index (χ2n) is 9.65. The van der Waals surface area contributed by atoms with E-state index in [1.165, 1.54) is 0 Å². The van der Waals surface area contributed by atoms with Crippen LogP contribution in [0.2, 0.25) is 10.0 Å². The molecule has 35 heavy (non-hydrogen) atoms. The van der Waals surface area contributed by atoms with E-state index in [0.717, 1.165) is 11.1 Å². The van der Waals surface area contributed by atoms with Crippen molar-refractivity contribution >= 4 is 35.0 Å². The van der Waals surface area contributed by atoms with Crippen molar-refractivity contribution in [3.63, 3.8) is 0 Å². The molecule has 3 rings (SSSR count). The molecule has 3 aromatic rings. The Morgan fingerprint density at radius 2 is 1.37 bits per heavy atom. The molecule has 0 aromatic heterocycles. The molecule has 2 amide bonds. The van der Waals surface area contributed by atoms with Gasteiger partial charge < -0.3 is 10.2 Å². The summed E-state index contributed by atoms with van der Waals surface area (Å²) in [6.45, 7) is 5.92. The average Bonchev–Trinajstić information content (AvgIpc) is 2.81. The zero-order valence-corrected chi connectivity index (χ0v) is 21.9. The van der Waals surface area contributed by atoms with Gasteiger partial charge in [0.1, 0.15) is 6.04 Å². The Balaban J connectivity index is 1.97. The Hall–Kier alpha value is -2.82. The number of aryl methyl sites for hydroxylation is 1. The van der Waals surface area contributed by atoms with E-state index in [2.05, 4.69) is 5.32 Å². The molecular weight excluding hydrogens is 479 g/mol. The summed E-state index contributed by atoms with van der Waals surface area (Å²) in [5.74, 6) is -0.340. The molecule has 4 nitrogen and oxygen atoms in total. The summed E-state index contributed by atoms with van der Waals surface area (Å²) >= 11 is 13.0. The highest BCUT2D eigenvalue weighted by Crippen LogP contribution is 2.28. The van der Waals surface area contributed by atoms with Crippen LogP contribution in [0.25, 0.3) is 0 Å². The zero-order valence-electron chi connectivity index (χ0n) is 20.4. The number of hydrogen-bond acceptors (Lipinski definition) is 2. The third-order valence-electron chi connectivity index (χ3n) is 5.63. The Labute approximate surface area is 218 Å². The van der Waals surface area contributed by atoms with E-state index in [1.54, 1.807) is 23.1 Å². The Bertz CT molecular complexity index is 1110. The highest BCUT2D eigenvalue weighted by Gasteiger charge is 2.32. The number of carbonyl (C=O) groups is 2. The van der Waals surface area contributed by atoms with Gasteiger partial charge in [-0.15, -0.1) is 0 Å². The van der Waals surface area contributed by atoms with Gasteiger partial charge >= 0.3 is 0 Å². The van der Waals surface area contributed by atoms with Gasteiger partial charge in [-0.25, -0.2) is 0 Å². The van der Waals surface area contributed by atoms with Gasteiger partial charge in [0.2, 0.25) is 11.8 Å². The van der Waals surface area contributed by atoms with Crippen LogP contribution in [0, 0.1) is 0 Å². The SMILES string of the molecule is CC(C)(C)NC(=O)[C@H](Cc1ccccc1)N(Cc1c(Cl)cccc1Cl)C(=O)CCc1ccccc1. The van der Waals surface area contributed by atoms with Gasteiger partial charge in [-0.1, -0.05) is 89.9 Å². The monoisotopic (exact) mass is 510 g/mol. The molecule has 0 saturated carbocycles. The minimum atomic E-state index is -0.729. The molecule has 0 unspecified atom stereocenters. The molecule has 0 heterocycles. The standard InChI is InChI=1S/C29H32Cl2N2O2/c1-29(2,3)32-28(35)26(19-22-13-8-5-9-14-22)33(20-23-24(30)15-10-16-25(23)31)27(34)18-17-21-11-6-4-7-12-21/h4-16,26H,17-20H2,1-3H3,(H,32,35)/t26-/m0/s1. The summed E-state index contributed by atoms with van der Waals surface area (Å²) in [7, 11) is 0. The van der Waals surface area contributed by atoms with E-state index >= 15 is 0 Å². The topological polar surface area (TPSA) is 49.4 Å². The van der Waals surface area contributed by atoms with E-state index in [9.17, 15) is 9.59 Å². The molecule has 0 bridgehead atoms. The third-order valence-corrected chi connectivity index (χ3v) is 6.34. The first kappa shape index (κ1) is 26.8.